The highest BCUT2D eigenvalue weighted by molar-refractivity contribution is 5.18. The van der Waals surface area contributed by atoms with Crippen molar-refractivity contribution in [2.24, 2.45) is 5.92 Å². The van der Waals surface area contributed by atoms with Crippen LogP contribution in [-0.4, -0.2) is 4.57 Å². The fraction of sp³-hybridized carbons (Fsp3) is 0.583. The lowest BCUT2D eigenvalue weighted by Crippen LogP contribution is -2.21. The number of pyridine rings is 1. The highest BCUT2D eigenvalue weighted by Gasteiger charge is 2.03. The Balaban J connectivity index is 3.10. The molecule has 1 heterocycles. The summed E-state index contributed by atoms with van der Waals surface area (Å²) in [4.78, 5) is 11.6. The molecule has 0 atom stereocenters. The Morgan fingerprint density at radius 2 is 2.07 bits per heavy atom. The van der Waals surface area contributed by atoms with Crippen LogP contribution in [0.15, 0.2) is 17.1 Å². The normalized spacial score (nSPS) is 10.9. The van der Waals surface area contributed by atoms with Gasteiger partial charge >= 0.3 is 0 Å². The first kappa shape index (κ1) is 11.0. The van der Waals surface area contributed by atoms with E-state index >= 15 is 0 Å². The maximum atomic E-state index is 11.6. The summed E-state index contributed by atoms with van der Waals surface area (Å²) in [7, 11) is 0. The average molecular weight is 193 g/mol. The van der Waals surface area contributed by atoms with E-state index in [1.165, 1.54) is 5.56 Å². The van der Waals surface area contributed by atoms with E-state index in [0.29, 0.717) is 5.92 Å². The summed E-state index contributed by atoms with van der Waals surface area (Å²) in [5, 5.41) is 0. The Morgan fingerprint density at radius 1 is 1.43 bits per heavy atom. The van der Waals surface area contributed by atoms with Crippen LogP contribution in [0.25, 0.3) is 0 Å². The molecule has 14 heavy (non-hydrogen) atoms. The second kappa shape index (κ2) is 4.45. The molecule has 0 aliphatic heterocycles. The Morgan fingerprint density at radius 3 is 2.57 bits per heavy atom. The number of hydrogen-bond donors (Lipinski definition) is 0. The van der Waals surface area contributed by atoms with Crippen molar-refractivity contribution in [1.29, 1.82) is 0 Å². The van der Waals surface area contributed by atoms with Crippen molar-refractivity contribution in [2.45, 2.75) is 40.7 Å². The van der Waals surface area contributed by atoms with Crippen molar-refractivity contribution in [2.75, 3.05) is 0 Å². The Kier molecular flexibility index (Phi) is 3.50. The molecule has 2 nitrogen and oxygen atoms in total. The standard InChI is InChI=1S/C12H19NO/c1-5-13-8-11(6-9(2)3)7-10(4)12(13)14/h7-9H,5-6H2,1-4H3. The summed E-state index contributed by atoms with van der Waals surface area (Å²) in [6, 6.07) is 2.01. The third-order valence-corrected chi connectivity index (χ3v) is 2.31. The van der Waals surface area contributed by atoms with Crippen LogP contribution in [0, 0.1) is 12.8 Å². The topological polar surface area (TPSA) is 22.0 Å². The molecule has 0 N–H and O–H groups in total. The predicted molar refractivity (Wildman–Crippen MR) is 59.7 cm³/mol. The van der Waals surface area contributed by atoms with E-state index in [9.17, 15) is 4.79 Å². The number of aryl methyl sites for hydroxylation is 2. The fourth-order valence-corrected chi connectivity index (χ4v) is 1.68. The number of hydrogen-bond acceptors (Lipinski definition) is 1. The molecule has 0 amide bonds. The molecular weight excluding hydrogens is 174 g/mol. The van der Waals surface area contributed by atoms with Gasteiger partial charge < -0.3 is 4.57 Å². The molecule has 0 unspecified atom stereocenters. The molecule has 0 aliphatic rings. The van der Waals surface area contributed by atoms with Crippen LogP contribution in [0.5, 0.6) is 0 Å². The van der Waals surface area contributed by atoms with Crippen LogP contribution >= 0.6 is 0 Å². The molecule has 0 saturated carbocycles. The van der Waals surface area contributed by atoms with E-state index < -0.39 is 0 Å². The van der Waals surface area contributed by atoms with Crippen molar-refractivity contribution in [3.05, 3.63) is 33.7 Å². The SMILES string of the molecule is CCn1cc(CC(C)C)cc(C)c1=O. The molecule has 0 fully saturated rings. The van der Waals surface area contributed by atoms with E-state index in [1.807, 2.05) is 26.1 Å². The van der Waals surface area contributed by atoms with Crippen molar-refractivity contribution in [3.8, 4) is 0 Å². The van der Waals surface area contributed by atoms with Gasteiger partial charge in [0.05, 0.1) is 0 Å². The first-order valence-corrected chi connectivity index (χ1v) is 5.24. The lowest BCUT2D eigenvalue weighted by Gasteiger charge is -2.09. The van der Waals surface area contributed by atoms with Gasteiger partial charge in [0.2, 0.25) is 0 Å². The second-order valence-corrected chi connectivity index (χ2v) is 4.22. The van der Waals surface area contributed by atoms with E-state index in [-0.39, 0.29) is 5.56 Å². The van der Waals surface area contributed by atoms with Gasteiger partial charge in [0.1, 0.15) is 0 Å². The smallest absolute Gasteiger partial charge is 0.253 e. The summed E-state index contributed by atoms with van der Waals surface area (Å²) in [5.74, 6) is 0.636. The lowest BCUT2D eigenvalue weighted by molar-refractivity contribution is 0.631. The van der Waals surface area contributed by atoms with Crippen molar-refractivity contribution < 1.29 is 0 Å². The van der Waals surface area contributed by atoms with Crippen molar-refractivity contribution in [1.82, 2.24) is 4.57 Å². The number of aromatic nitrogens is 1. The van der Waals surface area contributed by atoms with Crippen molar-refractivity contribution >= 4 is 0 Å². The molecule has 1 rings (SSSR count). The number of rotatable bonds is 3. The van der Waals surface area contributed by atoms with Crippen LogP contribution in [0.2, 0.25) is 0 Å². The Bertz CT molecular complexity index is 363. The van der Waals surface area contributed by atoms with E-state index in [1.54, 1.807) is 4.57 Å². The molecule has 1 aromatic heterocycles. The largest absolute Gasteiger partial charge is 0.315 e. The Labute approximate surface area is 85.6 Å². The highest BCUT2D eigenvalue weighted by atomic mass is 16.1. The van der Waals surface area contributed by atoms with Gasteiger partial charge in [-0.25, -0.2) is 0 Å². The van der Waals surface area contributed by atoms with Crippen LogP contribution < -0.4 is 5.56 Å². The first-order chi connectivity index (χ1) is 6.54. The zero-order chi connectivity index (χ0) is 10.7. The van der Waals surface area contributed by atoms with Gasteiger partial charge in [-0.05, 0) is 37.8 Å². The number of nitrogens with zero attached hydrogens (tertiary/aromatic N) is 1. The highest BCUT2D eigenvalue weighted by Crippen LogP contribution is 2.07. The third-order valence-electron chi connectivity index (χ3n) is 2.31. The predicted octanol–water partition coefficient (Wildman–Crippen LogP) is 2.38. The summed E-state index contributed by atoms with van der Waals surface area (Å²) >= 11 is 0. The van der Waals surface area contributed by atoms with E-state index in [2.05, 4.69) is 13.8 Å². The maximum Gasteiger partial charge on any atom is 0.253 e. The van der Waals surface area contributed by atoms with E-state index in [0.717, 1.165) is 18.5 Å². The monoisotopic (exact) mass is 193 g/mol. The molecule has 0 aromatic carbocycles. The molecule has 1 aromatic rings. The van der Waals surface area contributed by atoms with Gasteiger partial charge in [0, 0.05) is 18.3 Å². The van der Waals surface area contributed by atoms with Crippen LogP contribution in [0.4, 0.5) is 0 Å². The summed E-state index contributed by atoms with van der Waals surface area (Å²) in [6.07, 6.45) is 3.02. The summed E-state index contributed by atoms with van der Waals surface area (Å²) < 4.78 is 1.78. The van der Waals surface area contributed by atoms with Gasteiger partial charge in [-0.1, -0.05) is 13.8 Å². The summed E-state index contributed by atoms with van der Waals surface area (Å²) in [6.45, 7) is 9.03. The van der Waals surface area contributed by atoms with Gasteiger partial charge in [0.25, 0.3) is 5.56 Å². The molecule has 0 spiro atoms. The molecule has 78 valence electrons. The lowest BCUT2D eigenvalue weighted by atomic mass is 10.0. The fourth-order valence-electron chi connectivity index (χ4n) is 1.68. The summed E-state index contributed by atoms with van der Waals surface area (Å²) in [5.41, 5.74) is 2.25. The Hall–Kier alpha value is -1.05. The second-order valence-electron chi connectivity index (χ2n) is 4.22. The molecular formula is C12H19NO. The van der Waals surface area contributed by atoms with Gasteiger partial charge in [0.15, 0.2) is 0 Å². The third kappa shape index (κ3) is 2.47. The molecule has 0 radical (unpaired) electrons. The van der Waals surface area contributed by atoms with Gasteiger partial charge in [-0.3, -0.25) is 4.79 Å². The molecule has 2 heteroatoms. The van der Waals surface area contributed by atoms with Gasteiger partial charge in [-0.15, -0.1) is 0 Å². The first-order valence-electron chi connectivity index (χ1n) is 5.24. The zero-order valence-electron chi connectivity index (χ0n) is 9.50. The quantitative estimate of drug-likeness (QED) is 0.722. The maximum absolute atomic E-state index is 11.6. The minimum Gasteiger partial charge on any atom is -0.315 e. The minimum absolute atomic E-state index is 0.139. The van der Waals surface area contributed by atoms with Crippen LogP contribution in [-0.2, 0) is 13.0 Å². The molecule has 0 saturated heterocycles. The van der Waals surface area contributed by atoms with E-state index in [4.69, 9.17) is 0 Å². The van der Waals surface area contributed by atoms with Crippen LogP contribution in [0.1, 0.15) is 31.9 Å². The van der Waals surface area contributed by atoms with Gasteiger partial charge in [-0.2, -0.15) is 0 Å². The zero-order valence-corrected chi connectivity index (χ0v) is 9.50. The molecule has 0 bridgehead atoms. The average Bonchev–Trinajstić information content (AvgIpc) is 2.10. The van der Waals surface area contributed by atoms with Crippen molar-refractivity contribution in [3.63, 3.8) is 0 Å². The molecule has 0 aliphatic carbocycles. The van der Waals surface area contributed by atoms with Crippen LogP contribution in [0.3, 0.4) is 0 Å². The minimum atomic E-state index is 0.139.